The van der Waals surface area contributed by atoms with E-state index < -0.39 is 6.09 Å². The normalized spacial score (nSPS) is 16.9. The first kappa shape index (κ1) is 26.2. The van der Waals surface area contributed by atoms with E-state index in [4.69, 9.17) is 27.3 Å². The molecule has 7 nitrogen and oxygen atoms in total. The van der Waals surface area contributed by atoms with E-state index in [9.17, 15) is 9.59 Å². The topological polar surface area (TPSA) is 108 Å². The van der Waals surface area contributed by atoms with Gasteiger partial charge in [-0.25, -0.2) is 4.79 Å². The van der Waals surface area contributed by atoms with Crippen molar-refractivity contribution in [3.05, 3.63) is 100 Å². The number of halogens is 1. The molecule has 3 aromatic rings. The number of nitriles is 1. The van der Waals surface area contributed by atoms with E-state index in [1.807, 2.05) is 35.2 Å². The highest BCUT2D eigenvalue weighted by Gasteiger charge is 2.29. The van der Waals surface area contributed by atoms with Crippen LogP contribution in [-0.2, 0) is 17.9 Å². The minimum atomic E-state index is -0.580. The van der Waals surface area contributed by atoms with Gasteiger partial charge in [-0.05, 0) is 79.3 Å². The molecule has 1 saturated carbocycles. The number of nitrogens with zero attached hydrogens (tertiary/aromatic N) is 2. The molecular weight excluding hydrogens is 488 g/mol. The zero-order chi connectivity index (χ0) is 26.2. The summed E-state index contributed by atoms with van der Waals surface area (Å²) in [7, 11) is 0. The van der Waals surface area contributed by atoms with Crippen LogP contribution in [0.2, 0.25) is 5.02 Å². The van der Waals surface area contributed by atoms with Gasteiger partial charge in [0.2, 0.25) is 0 Å². The summed E-state index contributed by atoms with van der Waals surface area (Å²) in [5, 5.41) is 12.3. The lowest BCUT2D eigenvalue weighted by molar-refractivity contribution is 0.0606. The van der Waals surface area contributed by atoms with Crippen LogP contribution in [0.15, 0.2) is 72.8 Å². The Balaban J connectivity index is 1.50. The van der Waals surface area contributed by atoms with Crippen LogP contribution in [0, 0.1) is 11.3 Å². The van der Waals surface area contributed by atoms with Crippen molar-refractivity contribution in [1.29, 1.82) is 5.26 Å². The molecule has 3 aromatic carbocycles. The van der Waals surface area contributed by atoms with Gasteiger partial charge in [0.15, 0.2) is 0 Å². The van der Waals surface area contributed by atoms with Crippen LogP contribution in [0.25, 0.3) is 0 Å². The molecule has 0 spiro atoms. The zero-order valence-electron chi connectivity index (χ0n) is 20.4. The zero-order valence-corrected chi connectivity index (χ0v) is 21.2. The molecule has 3 N–H and O–H groups in total. The molecule has 0 unspecified atom stereocenters. The molecule has 4 rings (SSSR count). The van der Waals surface area contributed by atoms with E-state index >= 15 is 0 Å². The maximum Gasteiger partial charge on any atom is 0.411 e. The maximum atomic E-state index is 13.6. The summed E-state index contributed by atoms with van der Waals surface area (Å²) in [5.41, 5.74) is 9.23. The number of benzene rings is 3. The van der Waals surface area contributed by atoms with Gasteiger partial charge in [0.05, 0.1) is 11.6 Å². The number of anilines is 1. The predicted molar refractivity (Wildman–Crippen MR) is 143 cm³/mol. The first-order valence-electron chi connectivity index (χ1n) is 12.3. The number of rotatable bonds is 7. The first-order chi connectivity index (χ1) is 17.9. The van der Waals surface area contributed by atoms with Gasteiger partial charge in [0, 0.05) is 34.9 Å². The quantitative estimate of drug-likeness (QED) is 0.408. The molecule has 8 heteroatoms. The largest absolute Gasteiger partial charge is 0.444 e. The Morgan fingerprint density at radius 2 is 1.73 bits per heavy atom. The van der Waals surface area contributed by atoms with Crippen molar-refractivity contribution in [3.8, 4) is 6.07 Å². The van der Waals surface area contributed by atoms with E-state index in [1.165, 1.54) is 0 Å². The fourth-order valence-electron chi connectivity index (χ4n) is 4.47. The molecule has 2 amide bonds. The van der Waals surface area contributed by atoms with Gasteiger partial charge in [0.25, 0.3) is 5.91 Å². The highest BCUT2D eigenvalue weighted by atomic mass is 35.5. The van der Waals surface area contributed by atoms with Gasteiger partial charge in [-0.1, -0.05) is 41.9 Å². The lowest BCUT2D eigenvalue weighted by Gasteiger charge is -2.36. The Kier molecular flexibility index (Phi) is 8.78. The molecule has 0 atom stereocenters. The minimum Gasteiger partial charge on any atom is -0.444 e. The summed E-state index contributed by atoms with van der Waals surface area (Å²) in [4.78, 5) is 27.8. The molecule has 0 aliphatic heterocycles. The Bertz CT molecular complexity index is 1270. The standard InChI is InChI=1S/C29H29ClN4O3/c30-27-15-12-25(33-29(36)37-19-21-4-2-1-3-5-21)16-23(27)18-34(26-13-10-24(32)11-14-26)28(35)22-8-6-20(17-31)7-9-22/h1-9,12,15-16,24,26H,10-11,13-14,18-19,32H2,(H,33,36). The fraction of sp³-hybridized carbons (Fsp3) is 0.276. The van der Waals surface area contributed by atoms with Crippen LogP contribution in [0.3, 0.4) is 0 Å². The van der Waals surface area contributed by atoms with Crippen LogP contribution in [0.4, 0.5) is 10.5 Å². The molecule has 0 aromatic heterocycles. The lowest BCUT2D eigenvalue weighted by Crippen LogP contribution is -2.44. The van der Waals surface area contributed by atoms with Crippen molar-refractivity contribution < 1.29 is 14.3 Å². The summed E-state index contributed by atoms with van der Waals surface area (Å²) < 4.78 is 5.32. The van der Waals surface area contributed by atoms with Gasteiger partial charge < -0.3 is 15.4 Å². The summed E-state index contributed by atoms with van der Waals surface area (Å²) in [6, 6.07) is 23.4. The fourth-order valence-corrected chi connectivity index (χ4v) is 4.64. The number of nitrogens with two attached hydrogens (primary N) is 1. The van der Waals surface area contributed by atoms with Crippen LogP contribution in [-0.4, -0.2) is 29.0 Å². The third-order valence-corrected chi connectivity index (χ3v) is 6.92. The first-order valence-corrected chi connectivity index (χ1v) is 12.6. The van der Waals surface area contributed by atoms with Gasteiger partial charge in [0.1, 0.15) is 6.61 Å². The van der Waals surface area contributed by atoms with E-state index in [2.05, 4.69) is 11.4 Å². The molecule has 0 saturated heterocycles. The molecule has 190 valence electrons. The summed E-state index contributed by atoms with van der Waals surface area (Å²) >= 11 is 6.53. The third kappa shape index (κ3) is 7.10. The molecule has 1 aliphatic rings. The minimum absolute atomic E-state index is 0.00598. The number of ether oxygens (including phenoxy) is 1. The van der Waals surface area contributed by atoms with E-state index in [-0.39, 0.29) is 31.1 Å². The number of carbonyl (C=O) groups is 2. The number of carbonyl (C=O) groups excluding carboxylic acids is 2. The van der Waals surface area contributed by atoms with Crippen LogP contribution in [0.1, 0.15) is 52.7 Å². The van der Waals surface area contributed by atoms with Crippen molar-refractivity contribution in [2.75, 3.05) is 5.32 Å². The average Bonchev–Trinajstić information content (AvgIpc) is 2.93. The van der Waals surface area contributed by atoms with Crippen molar-refractivity contribution in [1.82, 2.24) is 4.90 Å². The van der Waals surface area contributed by atoms with Crippen molar-refractivity contribution in [2.24, 2.45) is 5.73 Å². The van der Waals surface area contributed by atoms with Crippen molar-refractivity contribution in [3.63, 3.8) is 0 Å². The van der Waals surface area contributed by atoms with Gasteiger partial charge in [-0.3, -0.25) is 10.1 Å². The van der Waals surface area contributed by atoms with Crippen LogP contribution in [0.5, 0.6) is 0 Å². The van der Waals surface area contributed by atoms with E-state index in [0.29, 0.717) is 27.4 Å². The third-order valence-electron chi connectivity index (χ3n) is 6.55. The van der Waals surface area contributed by atoms with Crippen LogP contribution >= 0.6 is 11.6 Å². The molecule has 0 heterocycles. The molecule has 1 fully saturated rings. The van der Waals surface area contributed by atoms with Crippen molar-refractivity contribution >= 4 is 29.3 Å². The summed E-state index contributed by atoms with van der Waals surface area (Å²) in [5.74, 6) is -0.137. The van der Waals surface area contributed by atoms with E-state index in [0.717, 1.165) is 31.2 Å². The monoisotopic (exact) mass is 516 g/mol. The maximum absolute atomic E-state index is 13.6. The Hall–Kier alpha value is -3.86. The second-order valence-electron chi connectivity index (χ2n) is 9.18. The Morgan fingerprint density at radius 3 is 2.41 bits per heavy atom. The second kappa shape index (κ2) is 12.4. The Labute approximate surface area is 221 Å². The molecule has 0 radical (unpaired) electrons. The highest BCUT2D eigenvalue weighted by molar-refractivity contribution is 6.31. The molecule has 1 aliphatic carbocycles. The predicted octanol–water partition coefficient (Wildman–Crippen LogP) is 5.87. The Morgan fingerprint density at radius 1 is 1.03 bits per heavy atom. The average molecular weight is 517 g/mol. The summed E-state index contributed by atoms with van der Waals surface area (Å²) in [6.07, 6.45) is 2.69. The SMILES string of the molecule is N#Cc1ccc(C(=O)N(Cc2cc(NC(=O)OCc3ccccc3)ccc2Cl)C2CCC(N)CC2)cc1. The van der Waals surface area contributed by atoms with Gasteiger partial charge in [-0.15, -0.1) is 0 Å². The lowest BCUT2D eigenvalue weighted by atomic mass is 9.90. The smallest absolute Gasteiger partial charge is 0.411 e. The molecular formula is C29H29ClN4O3. The molecule has 37 heavy (non-hydrogen) atoms. The van der Waals surface area contributed by atoms with Crippen LogP contribution < -0.4 is 11.1 Å². The van der Waals surface area contributed by atoms with E-state index in [1.54, 1.807) is 42.5 Å². The second-order valence-corrected chi connectivity index (χ2v) is 9.59. The number of hydrogen-bond acceptors (Lipinski definition) is 5. The van der Waals surface area contributed by atoms with Gasteiger partial charge >= 0.3 is 6.09 Å². The highest BCUT2D eigenvalue weighted by Crippen LogP contribution is 2.29. The number of hydrogen-bond donors (Lipinski definition) is 2. The van der Waals surface area contributed by atoms with Crippen molar-refractivity contribution in [2.45, 2.75) is 50.9 Å². The summed E-state index contributed by atoms with van der Waals surface area (Å²) in [6.45, 7) is 0.427. The van der Waals surface area contributed by atoms with Gasteiger partial charge in [-0.2, -0.15) is 5.26 Å². The number of amides is 2. The molecule has 0 bridgehead atoms. The number of nitrogens with one attached hydrogen (secondary N) is 1.